The van der Waals surface area contributed by atoms with Crippen LogP contribution in [0.4, 0.5) is 10.1 Å². The molecule has 0 saturated carbocycles. The number of amides is 1. The molecule has 0 unspecified atom stereocenters. The highest BCUT2D eigenvalue weighted by molar-refractivity contribution is 8.00. The number of halogens is 1. The second-order valence-electron chi connectivity index (χ2n) is 5.18. The third-order valence-electron chi connectivity index (χ3n) is 3.33. The molecule has 2 rings (SSSR count). The van der Waals surface area contributed by atoms with Gasteiger partial charge in [0.1, 0.15) is 5.82 Å². The Morgan fingerprint density at radius 2 is 2.00 bits per heavy atom. The van der Waals surface area contributed by atoms with Gasteiger partial charge in [-0.15, -0.1) is 11.8 Å². The van der Waals surface area contributed by atoms with E-state index in [0.717, 1.165) is 10.5 Å². The van der Waals surface area contributed by atoms with E-state index in [4.69, 9.17) is 0 Å². The molecule has 0 aliphatic heterocycles. The van der Waals surface area contributed by atoms with Crippen LogP contribution in [0.15, 0.2) is 53.4 Å². The molecule has 0 bridgehead atoms. The number of hydrogen-bond acceptors (Lipinski definition) is 4. The lowest BCUT2D eigenvalue weighted by atomic mass is 10.1. The second kappa shape index (κ2) is 8.44. The Bertz CT molecular complexity index is 722. The molecule has 1 atom stereocenters. The van der Waals surface area contributed by atoms with Gasteiger partial charge in [0.2, 0.25) is 5.91 Å². The van der Waals surface area contributed by atoms with Gasteiger partial charge in [0.25, 0.3) is 5.69 Å². The molecule has 0 aliphatic rings. The zero-order valence-electron chi connectivity index (χ0n) is 13.1. The third kappa shape index (κ3) is 5.34. The Morgan fingerprint density at radius 3 is 2.62 bits per heavy atom. The first-order valence-corrected chi connectivity index (χ1v) is 8.27. The van der Waals surface area contributed by atoms with Gasteiger partial charge in [0.05, 0.1) is 10.2 Å². The number of nitro benzene ring substituents is 1. The number of carbonyl (C=O) groups excluding carboxylic acids is 1. The van der Waals surface area contributed by atoms with E-state index in [1.807, 2.05) is 6.07 Å². The van der Waals surface area contributed by atoms with Crippen molar-refractivity contribution in [3.8, 4) is 0 Å². The summed E-state index contributed by atoms with van der Waals surface area (Å²) in [5, 5.41) is 13.1. The van der Waals surface area contributed by atoms with Crippen molar-refractivity contribution in [3.05, 3.63) is 70.0 Å². The minimum Gasteiger partial charge on any atom is -0.355 e. The van der Waals surface area contributed by atoms with Crippen molar-refractivity contribution in [2.45, 2.75) is 23.5 Å². The Kier molecular flexibility index (Phi) is 6.31. The average molecular weight is 348 g/mol. The summed E-state index contributed by atoms with van der Waals surface area (Å²) in [7, 11) is 0. The van der Waals surface area contributed by atoms with Gasteiger partial charge < -0.3 is 5.32 Å². The summed E-state index contributed by atoms with van der Waals surface area (Å²) < 4.78 is 13.1. The normalized spacial score (nSPS) is 11.8. The minimum atomic E-state index is -0.461. The van der Waals surface area contributed by atoms with Crippen LogP contribution in [0.2, 0.25) is 0 Å². The van der Waals surface area contributed by atoms with E-state index in [1.54, 1.807) is 25.1 Å². The zero-order valence-corrected chi connectivity index (χ0v) is 13.9. The summed E-state index contributed by atoms with van der Waals surface area (Å²) in [5.74, 6) is -0.421. The molecule has 1 N–H and O–H groups in total. The zero-order chi connectivity index (χ0) is 17.5. The van der Waals surface area contributed by atoms with Crippen molar-refractivity contribution in [1.29, 1.82) is 0 Å². The molecular weight excluding hydrogens is 331 g/mol. The molecule has 2 aromatic rings. The van der Waals surface area contributed by atoms with Crippen LogP contribution in [0, 0.1) is 15.9 Å². The van der Waals surface area contributed by atoms with Gasteiger partial charge in [0.15, 0.2) is 0 Å². The van der Waals surface area contributed by atoms with Crippen LogP contribution in [0.1, 0.15) is 12.5 Å². The van der Waals surface area contributed by atoms with E-state index in [1.165, 1.54) is 36.0 Å². The first-order chi connectivity index (χ1) is 11.5. The number of nitro groups is 1. The van der Waals surface area contributed by atoms with E-state index >= 15 is 0 Å². The molecule has 0 aliphatic carbocycles. The Hall–Kier alpha value is -2.41. The number of benzene rings is 2. The van der Waals surface area contributed by atoms with Gasteiger partial charge >= 0.3 is 0 Å². The van der Waals surface area contributed by atoms with Gasteiger partial charge in [0, 0.05) is 23.6 Å². The van der Waals surface area contributed by atoms with E-state index in [2.05, 4.69) is 5.32 Å². The fourth-order valence-electron chi connectivity index (χ4n) is 2.07. The predicted octanol–water partition coefficient (Wildman–Crippen LogP) is 3.57. The minimum absolute atomic E-state index is 0.0200. The van der Waals surface area contributed by atoms with Crippen LogP contribution in [0.3, 0.4) is 0 Å². The summed E-state index contributed by atoms with van der Waals surface area (Å²) in [6.45, 7) is 2.19. The monoisotopic (exact) mass is 348 g/mol. The fraction of sp³-hybridized carbons (Fsp3) is 0.235. The number of rotatable bonds is 7. The first kappa shape index (κ1) is 17.9. The highest BCUT2D eigenvalue weighted by Gasteiger charge is 2.14. The summed E-state index contributed by atoms with van der Waals surface area (Å²) >= 11 is 1.33. The fourth-order valence-corrected chi connectivity index (χ4v) is 2.96. The molecule has 0 radical (unpaired) electrons. The van der Waals surface area contributed by atoms with Gasteiger partial charge in [-0.25, -0.2) is 4.39 Å². The number of nitrogens with zero attached hydrogens (tertiary/aromatic N) is 1. The molecule has 1 amide bonds. The standard InChI is InChI=1S/C17H17FN2O3S/c1-12(24-16-7-5-15(6-8-16)20(22)23)17(21)19-10-9-13-3-2-4-14(18)11-13/h2-8,11-12H,9-10H2,1H3,(H,19,21)/t12-/m1/s1. The number of thioether (sulfide) groups is 1. The number of hydrogen-bond donors (Lipinski definition) is 1. The molecule has 0 saturated heterocycles. The molecule has 5 nitrogen and oxygen atoms in total. The Morgan fingerprint density at radius 1 is 1.29 bits per heavy atom. The summed E-state index contributed by atoms with van der Waals surface area (Å²) in [6, 6.07) is 12.3. The van der Waals surface area contributed by atoms with Crippen LogP contribution in [-0.4, -0.2) is 22.6 Å². The lowest BCUT2D eigenvalue weighted by Gasteiger charge is -2.12. The molecule has 0 aromatic heterocycles. The molecular formula is C17H17FN2O3S. The highest BCUT2D eigenvalue weighted by Crippen LogP contribution is 2.25. The lowest BCUT2D eigenvalue weighted by Crippen LogP contribution is -2.32. The lowest BCUT2D eigenvalue weighted by molar-refractivity contribution is -0.384. The number of nitrogens with one attached hydrogen (secondary N) is 1. The van der Waals surface area contributed by atoms with Crippen LogP contribution in [0.5, 0.6) is 0 Å². The molecule has 24 heavy (non-hydrogen) atoms. The van der Waals surface area contributed by atoms with Crippen LogP contribution >= 0.6 is 11.8 Å². The largest absolute Gasteiger partial charge is 0.355 e. The maximum Gasteiger partial charge on any atom is 0.269 e. The average Bonchev–Trinajstić information content (AvgIpc) is 2.55. The van der Waals surface area contributed by atoms with Crippen molar-refractivity contribution in [1.82, 2.24) is 5.32 Å². The SMILES string of the molecule is C[C@@H](Sc1ccc([N+](=O)[O-])cc1)C(=O)NCCc1cccc(F)c1. The predicted molar refractivity (Wildman–Crippen MR) is 91.5 cm³/mol. The van der Waals surface area contributed by atoms with Gasteiger partial charge in [-0.05, 0) is 43.2 Å². The smallest absolute Gasteiger partial charge is 0.269 e. The van der Waals surface area contributed by atoms with Crippen molar-refractivity contribution >= 4 is 23.4 Å². The quantitative estimate of drug-likeness (QED) is 0.472. The Balaban J connectivity index is 1.80. The summed E-state index contributed by atoms with van der Waals surface area (Å²) in [5.41, 5.74) is 0.845. The maximum atomic E-state index is 13.1. The van der Waals surface area contributed by atoms with Crippen molar-refractivity contribution in [2.24, 2.45) is 0 Å². The second-order valence-corrected chi connectivity index (χ2v) is 6.60. The van der Waals surface area contributed by atoms with Gasteiger partial charge in [-0.3, -0.25) is 14.9 Å². The van der Waals surface area contributed by atoms with Crippen LogP contribution in [0.25, 0.3) is 0 Å². The van der Waals surface area contributed by atoms with Crippen molar-refractivity contribution in [2.75, 3.05) is 6.54 Å². The highest BCUT2D eigenvalue weighted by atomic mass is 32.2. The van der Waals surface area contributed by atoms with Crippen LogP contribution in [-0.2, 0) is 11.2 Å². The van der Waals surface area contributed by atoms with Crippen LogP contribution < -0.4 is 5.32 Å². The first-order valence-electron chi connectivity index (χ1n) is 7.39. The number of non-ortho nitro benzene ring substituents is 1. The van der Waals surface area contributed by atoms with Gasteiger partial charge in [-0.2, -0.15) is 0 Å². The maximum absolute atomic E-state index is 13.1. The van der Waals surface area contributed by atoms with E-state index in [9.17, 15) is 19.3 Å². The summed E-state index contributed by atoms with van der Waals surface area (Å²) in [6.07, 6.45) is 0.554. The Labute approximate surface area is 143 Å². The molecule has 2 aromatic carbocycles. The van der Waals surface area contributed by atoms with E-state index in [0.29, 0.717) is 13.0 Å². The topological polar surface area (TPSA) is 72.2 Å². The summed E-state index contributed by atoms with van der Waals surface area (Å²) in [4.78, 5) is 23.0. The molecule has 0 spiro atoms. The molecule has 126 valence electrons. The van der Waals surface area contributed by atoms with Crippen molar-refractivity contribution < 1.29 is 14.1 Å². The molecule has 7 heteroatoms. The van der Waals surface area contributed by atoms with E-state index < -0.39 is 4.92 Å². The molecule has 0 heterocycles. The van der Waals surface area contributed by atoms with Gasteiger partial charge in [-0.1, -0.05) is 12.1 Å². The van der Waals surface area contributed by atoms with Crippen molar-refractivity contribution in [3.63, 3.8) is 0 Å². The number of carbonyl (C=O) groups is 1. The van der Waals surface area contributed by atoms with E-state index in [-0.39, 0.29) is 22.7 Å². The third-order valence-corrected chi connectivity index (χ3v) is 4.44. The molecule has 0 fully saturated rings.